The normalized spacial score (nSPS) is 14.5. The van der Waals surface area contributed by atoms with Crippen molar-refractivity contribution in [3.05, 3.63) is 53.6 Å². The molecule has 0 saturated heterocycles. The van der Waals surface area contributed by atoms with Crippen molar-refractivity contribution in [2.75, 3.05) is 13.9 Å². The summed E-state index contributed by atoms with van der Waals surface area (Å²) in [7, 11) is 1.59. The third kappa shape index (κ3) is 1.92. The van der Waals surface area contributed by atoms with Crippen molar-refractivity contribution in [1.29, 1.82) is 0 Å². The van der Waals surface area contributed by atoms with Gasteiger partial charge in [0.25, 0.3) is 11.8 Å². The lowest BCUT2D eigenvalue weighted by molar-refractivity contribution is 0.0880. The third-order valence-electron chi connectivity index (χ3n) is 4.72. The van der Waals surface area contributed by atoms with Crippen LogP contribution in [0.15, 0.2) is 42.5 Å². The molecule has 0 atom stereocenters. The minimum Gasteiger partial charge on any atom is -0.497 e. The molecular formula is C20H13NO5. The molecule has 128 valence electrons. The van der Waals surface area contributed by atoms with E-state index in [0.717, 1.165) is 16.3 Å². The van der Waals surface area contributed by atoms with Gasteiger partial charge >= 0.3 is 0 Å². The Bertz CT molecular complexity index is 1100. The SMILES string of the molecule is COc1ccc(-c2c3c(cc4ccc5c(c24)OCO5)C(=O)NC3=O)cc1. The van der Waals surface area contributed by atoms with Crippen molar-refractivity contribution in [3.63, 3.8) is 0 Å². The summed E-state index contributed by atoms with van der Waals surface area (Å²) in [6, 6.07) is 12.7. The fourth-order valence-electron chi connectivity index (χ4n) is 3.55. The van der Waals surface area contributed by atoms with Crippen LogP contribution >= 0.6 is 0 Å². The minimum atomic E-state index is -0.408. The van der Waals surface area contributed by atoms with Gasteiger partial charge in [-0.1, -0.05) is 18.2 Å². The standard InChI is InChI=1S/C20H13NO5/c1-24-12-5-2-10(3-6-12)15-16-11(4-7-14-18(16)26-9-25-14)8-13-17(15)20(23)21-19(13)22/h2-8H,9H2,1H3,(H,21,22,23). The Morgan fingerprint density at radius 1 is 0.962 bits per heavy atom. The number of carbonyl (C=O) groups is 2. The second-order valence-electron chi connectivity index (χ2n) is 6.08. The first-order chi connectivity index (χ1) is 12.7. The molecule has 0 bridgehead atoms. The van der Waals surface area contributed by atoms with E-state index in [1.807, 2.05) is 36.4 Å². The Labute approximate surface area is 148 Å². The quantitative estimate of drug-likeness (QED) is 0.721. The van der Waals surface area contributed by atoms with Gasteiger partial charge in [-0.05, 0) is 35.2 Å². The van der Waals surface area contributed by atoms with E-state index in [1.54, 1.807) is 13.2 Å². The van der Waals surface area contributed by atoms with Crippen LogP contribution in [0.4, 0.5) is 0 Å². The van der Waals surface area contributed by atoms with Gasteiger partial charge in [0.1, 0.15) is 5.75 Å². The number of rotatable bonds is 2. The highest BCUT2D eigenvalue weighted by atomic mass is 16.7. The molecule has 3 aromatic rings. The van der Waals surface area contributed by atoms with E-state index < -0.39 is 5.91 Å². The third-order valence-corrected chi connectivity index (χ3v) is 4.72. The van der Waals surface area contributed by atoms with Gasteiger partial charge in [-0.2, -0.15) is 0 Å². The zero-order valence-electron chi connectivity index (χ0n) is 13.8. The maximum Gasteiger partial charge on any atom is 0.259 e. The van der Waals surface area contributed by atoms with Crippen LogP contribution in [0.2, 0.25) is 0 Å². The number of imide groups is 1. The molecular weight excluding hydrogens is 334 g/mol. The van der Waals surface area contributed by atoms with E-state index in [-0.39, 0.29) is 12.7 Å². The highest BCUT2D eigenvalue weighted by Gasteiger charge is 2.33. The van der Waals surface area contributed by atoms with Crippen molar-refractivity contribution < 1.29 is 23.8 Å². The lowest BCUT2D eigenvalue weighted by atomic mass is 9.90. The number of nitrogens with one attached hydrogen (secondary N) is 1. The molecule has 6 heteroatoms. The first kappa shape index (κ1) is 14.8. The van der Waals surface area contributed by atoms with Crippen LogP contribution in [0.5, 0.6) is 17.2 Å². The Morgan fingerprint density at radius 3 is 2.54 bits per heavy atom. The molecule has 6 nitrogen and oxygen atoms in total. The van der Waals surface area contributed by atoms with E-state index in [0.29, 0.717) is 33.9 Å². The predicted octanol–water partition coefficient (Wildman–Crippen LogP) is 3.13. The van der Waals surface area contributed by atoms with E-state index in [9.17, 15) is 9.59 Å². The minimum absolute atomic E-state index is 0.124. The van der Waals surface area contributed by atoms with Crippen molar-refractivity contribution >= 4 is 22.6 Å². The highest BCUT2D eigenvalue weighted by molar-refractivity contribution is 6.28. The topological polar surface area (TPSA) is 73.9 Å². The maximum absolute atomic E-state index is 12.5. The average Bonchev–Trinajstić information content (AvgIpc) is 3.25. The molecule has 0 aromatic heterocycles. The Morgan fingerprint density at radius 2 is 1.77 bits per heavy atom. The summed E-state index contributed by atoms with van der Waals surface area (Å²) in [6.45, 7) is 0.124. The van der Waals surface area contributed by atoms with Crippen molar-refractivity contribution in [2.24, 2.45) is 0 Å². The number of amides is 2. The molecule has 26 heavy (non-hydrogen) atoms. The van der Waals surface area contributed by atoms with Gasteiger partial charge in [0.2, 0.25) is 6.79 Å². The van der Waals surface area contributed by atoms with Gasteiger partial charge in [0.15, 0.2) is 11.5 Å². The van der Waals surface area contributed by atoms with E-state index >= 15 is 0 Å². The number of methoxy groups -OCH3 is 1. The second-order valence-corrected chi connectivity index (χ2v) is 6.08. The highest BCUT2D eigenvalue weighted by Crippen LogP contribution is 2.46. The van der Waals surface area contributed by atoms with Crippen LogP contribution in [-0.4, -0.2) is 25.7 Å². The summed E-state index contributed by atoms with van der Waals surface area (Å²) in [5, 5.41) is 3.95. The average molecular weight is 347 g/mol. The zero-order chi connectivity index (χ0) is 17.8. The summed E-state index contributed by atoms with van der Waals surface area (Å²) in [4.78, 5) is 24.7. The molecule has 0 aliphatic carbocycles. The van der Waals surface area contributed by atoms with Crippen LogP contribution in [0.1, 0.15) is 20.7 Å². The molecule has 3 aromatic carbocycles. The number of benzene rings is 3. The number of carbonyl (C=O) groups excluding carboxylic acids is 2. The molecule has 0 unspecified atom stereocenters. The molecule has 2 aliphatic heterocycles. The van der Waals surface area contributed by atoms with E-state index in [2.05, 4.69) is 5.32 Å². The first-order valence-electron chi connectivity index (χ1n) is 8.07. The van der Waals surface area contributed by atoms with Crippen LogP contribution in [0.25, 0.3) is 21.9 Å². The van der Waals surface area contributed by atoms with Gasteiger partial charge in [-0.15, -0.1) is 0 Å². The van der Waals surface area contributed by atoms with Gasteiger partial charge in [-0.3, -0.25) is 14.9 Å². The number of hydrogen-bond donors (Lipinski definition) is 1. The maximum atomic E-state index is 12.5. The largest absolute Gasteiger partial charge is 0.497 e. The molecule has 0 fully saturated rings. The zero-order valence-corrected chi connectivity index (χ0v) is 13.8. The fourth-order valence-corrected chi connectivity index (χ4v) is 3.55. The predicted molar refractivity (Wildman–Crippen MR) is 93.9 cm³/mol. The van der Waals surface area contributed by atoms with Crippen molar-refractivity contribution in [2.45, 2.75) is 0 Å². The molecule has 2 heterocycles. The monoisotopic (exact) mass is 347 g/mol. The molecule has 2 aliphatic rings. The lowest BCUT2D eigenvalue weighted by Crippen LogP contribution is -2.20. The summed E-state index contributed by atoms with van der Waals surface area (Å²) >= 11 is 0. The van der Waals surface area contributed by atoms with E-state index in [1.165, 1.54) is 0 Å². The van der Waals surface area contributed by atoms with Gasteiger partial charge in [0.05, 0.1) is 18.2 Å². The molecule has 5 rings (SSSR count). The molecule has 0 spiro atoms. The second kappa shape index (κ2) is 5.23. The van der Waals surface area contributed by atoms with Crippen molar-refractivity contribution in [3.8, 4) is 28.4 Å². The molecule has 0 radical (unpaired) electrons. The van der Waals surface area contributed by atoms with Crippen LogP contribution < -0.4 is 19.5 Å². The van der Waals surface area contributed by atoms with Gasteiger partial charge in [-0.25, -0.2) is 0 Å². The van der Waals surface area contributed by atoms with Crippen LogP contribution in [0.3, 0.4) is 0 Å². The van der Waals surface area contributed by atoms with Gasteiger partial charge < -0.3 is 14.2 Å². The first-order valence-corrected chi connectivity index (χ1v) is 8.07. The summed E-state index contributed by atoms with van der Waals surface area (Å²) in [6.07, 6.45) is 0. The Kier molecular flexibility index (Phi) is 2.97. The number of fused-ring (bicyclic) bond motifs is 4. The van der Waals surface area contributed by atoms with E-state index in [4.69, 9.17) is 14.2 Å². The van der Waals surface area contributed by atoms with Crippen LogP contribution in [0, 0.1) is 0 Å². The summed E-state index contributed by atoms with van der Waals surface area (Å²) in [5.74, 6) is 1.12. The lowest BCUT2D eigenvalue weighted by Gasteiger charge is -2.14. The molecule has 0 saturated carbocycles. The Balaban J connectivity index is 1.92. The molecule has 2 amide bonds. The number of hydrogen-bond acceptors (Lipinski definition) is 5. The fraction of sp³-hybridized carbons (Fsp3) is 0.100. The molecule has 1 N–H and O–H groups in total. The van der Waals surface area contributed by atoms with Crippen molar-refractivity contribution in [1.82, 2.24) is 5.32 Å². The van der Waals surface area contributed by atoms with Crippen LogP contribution in [-0.2, 0) is 0 Å². The summed E-state index contributed by atoms with van der Waals surface area (Å²) in [5.41, 5.74) is 2.18. The Hall–Kier alpha value is -3.54. The summed E-state index contributed by atoms with van der Waals surface area (Å²) < 4.78 is 16.4. The number of ether oxygens (including phenoxy) is 3. The smallest absolute Gasteiger partial charge is 0.259 e. The van der Waals surface area contributed by atoms with Gasteiger partial charge in [0, 0.05) is 10.9 Å².